The molecule has 1 aromatic rings. The lowest BCUT2D eigenvalue weighted by Crippen LogP contribution is -2.29. The van der Waals surface area contributed by atoms with Gasteiger partial charge in [-0.15, -0.1) is 0 Å². The molecule has 0 unspecified atom stereocenters. The van der Waals surface area contributed by atoms with Gasteiger partial charge in [0.15, 0.2) is 11.6 Å². The highest BCUT2D eigenvalue weighted by atomic mass is 19.1. The largest absolute Gasteiger partial charge is 0.346 e. The average Bonchev–Trinajstić information content (AvgIpc) is 2.37. The molecule has 0 aliphatic heterocycles. The van der Waals surface area contributed by atoms with Crippen molar-refractivity contribution in [3.8, 4) is 0 Å². The molecule has 0 aliphatic carbocycles. The van der Waals surface area contributed by atoms with E-state index in [-0.39, 0.29) is 18.8 Å². The van der Waals surface area contributed by atoms with Crippen LogP contribution in [0.5, 0.6) is 0 Å². The highest BCUT2D eigenvalue weighted by Gasteiger charge is 2.22. The van der Waals surface area contributed by atoms with Crippen LogP contribution in [0.2, 0.25) is 0 Å². The smallest absolute Gasteiger partial charge is 0.218 e. The molecule has 0 saturated carbocycles. The van der Waals surface area contributed by atoms with Crippen molar-refractivity contribution >= 4 is 11.6 Å². The number of carbonyl (C=O) groups is 2. The van der Waals surface area contributed by atoms with E-state index in [1.807, 2.05) is 0 Å². The lowest BCUT2D eigenvalue weighted by Gasteiger charge is -2.15. The Balaban J connectivity index is 2.75. The van der Waals surface area contributed by atoms with Gasteiger partial charge in [0.2, 0.25) is 6.29 Å². The zero-order valence-corrected chi connectivity index (χ0v) is 11.3. The van der Waals surface area contributed by atoms with Crippen molar-refractivity contribution in [3.05, 3.63) is 35.4 Å². The third kappa shape index (κ3) is 4.79. The number of hydrogen-bond donors (Lipinski definition) is 0. The van der Waals surface area contributed by atoms with Crippen molar-refractivity contribution in [2.75, 3.05) is 13.2 Å². The summed E-state index contributed by atoms with van der Waals surface area (Å²) < 4.78 is 36.1. The molecule has 0 amide bonds. The number of benzene rings is 1. The van der Waals surface area contributed by atoms with Gasteiger partial charge in [0, 0.05) is 24.8 Å². The van der Waals surface area contributed by atoms with E-state index in [2.05, 4.69) is 0 Å². The fraction of sp³-hybridized carbons (Fsp3) is 0.429. The molecule has 1 aromatic carbocycles. The number of carbonyl (C=O) groups excluding carboxylic acids is 2. The van der Waals surface area contributed by atoms with Gasteiger partial charge in [-0.25, -0.2) is 8.78 Å². The Labute approximate surface area is 115 Å². The molecular weight excluding hydrogens is 270 g/mol. The predicted octanol–water partition coefficient (Wildman–Crippen LogP) is 2.51. The number of ketones is 2. The van der Waals surface area contributed by atoms with Crippen LogP contribution in [0, 0.1) is 11.6 Å². The molecular formula is C14H16F2O4. The van der Waals surface area contributed by atoms with E-state index in [9.17, 15) is 18.4 Å². The summed E-state index contributed by atoms with van der Waals surface area (Å²) in [5.74, 6) is -3.00. The minimum absolute atomic E-state index is 0.192. The third-order valence-corrected chi connectivity index (χ3v) is 2.42. The summed E-state index contributed by atoms with van der Waals surface area (Å²) in [6.45, 7) is 3.87. The summed E-state index contributed by atoms with van der Waals surface area (Å²) in [7, 11) is 0. The summed E-state index contributed by atoms with van der Waals surface area (Å²) >= 11 is 0. The van der Waals surface area contributed by atoms with Gasteiger partial charge in [-0.2, -0.15) is 0 Å². The maximum Gasteiger partial charge on any atom is 0.218 e. The second-order valence-corrected chi connectivity index (χ2v) is 3.97. The first kappa shape index (κ1) is 16.4. The molecule has 0 atom stereocenters. The average molecular weight is 286 g/mol. The van der Waals surface area contributed by atoms with Crippen molar-refractivity contribution in [2.24, 2.45) is 0 Å². The monoisotopic (exact) mass is 286 g/mol. The predicted molar refractivity (Wildman–Crippen MR) is 67.4 cm³/mol. The van der Waals surface area contributed by atoms with Crippen molar-refractivity contribution in [2.45, 2.75) is 26.6 Å². The molecule has 0 N–H and O–H groups in total. The van der Waals surface area contributed by atoms with Crippen LogP contribution in [0.15, 0.2) is 18.2 Å². The zero-order chi connectivity index (χ0) is 15.1. The van der Waals surface area contributed by atoms with E-state index < -0.39 is 35.9 Å². The fourth-order valence-corrected chi connectivity index (χ4v) is 1.60. The van der Waals surface area contributed by atoms with Gasteiger partial charge in [-0.1, -0.05) is 0 Å². The number of Topliss-reactive ketones (excluding diaryl/α,β-unsaturated/α-hetero) is 2. The van der Waals surface area contributed by atoms with Crippen molar-refractivity contribution in [1.82, 2.24) is 0 Å². The second-order valence-electron chi connectivity index (χ2n) is 3.97. The highest BCUT2D eigenvalue weighted by Crippen LogP contribution is 2.12. The molecule has 0 aliphatic rings. The van der Waals surface area contributed by atoms with Gasteiger partial charge in [-0.3, -0.25) is 9.59 Å². The van der Waals surface area contributed by atoms with Gasteiger partial charge in [0.1, 0.15) is 11.6 Å². The lowest BCUT2D eigenvalue weighted by atomic mass is 10.1. The number of halogens is 2. The Hall–Kier alpha value is -1.66. The normalized spacial score (nSPS) is 10.8. The van der Waals surface area contributed by atoms with Crippen LogP contribution in [0.4, 0.5) is 8.78 Å². The summed E-state index contributed by atoms with van der Waals surface area (Å²) in [5.41, 5.74) is -0.192. The quantitative estimate of drug-likeness (QED) is 0.418. The SMILES string of the molecule is CCOC(OCC)C(=O)CC(=O)c1cc(F)cc(F)c1. The van der Waals surface area contributed by atoms with Crippen LogP contribution in [0.25, 0.3) is 0 Å². The van der Waals surface area contributed by atoms with Crippen LogP contribution in [-0.4, -0.2) is 31.1 Å². The van der Waals surface area contributed by atoms with Crippen LogP contribution < -0.4 is 0 Å². The standard InChI is InChI=1S/C14H16F2O4/c1-3-19-14(20-4-2)13(18)8-12(17)9-5-10(15)7-11(16)6-9/h5-7,14H,3-4,8H2,1-2H3. The Bertz CT molecular complexity index is 462. The Morgan fingerprint density at radius 1 is 1.05 bits per heavy atom. The maximum atomic E-state index is 13.0. The molecule has 1 rings (SSSR count). The van der Waals surface area contributed by atoms with E-state index in [1.165, 1.54) is 0 Å². The topological polar surface area (TPSA) is 52.6 Å². The van der Waals surface area contributed by atoms with Crippen molar-refractivity contribution in [1.29, 1.82) is 0 Å². The van der Waals surface area contributed by atoms with Crippen LogP contribution in [-0.2, 0) is 14.3 Å². The van der Waals surface area contributed by atoms with E-state index in [0.29, 0.717) is 6.07 Å². The Morgan fingerprint density at radius 3 is 2.00 bits per heavy atom. The molecule has 0 spiro atoms. The summed E-state index contributed by atoms with van der Waals surface area (Å²) in [6.07, 6.45) is -1.67. The number of ether oxygens (including phenoxy) is 2. The molecule has 0 heterocycles. The number of rotatable bonds is 8. The van der Waals surface area contributed by atoms with Gasteiger partial charge in [0.05, 0.1) is 6.42 Å². The molecule has 0 radical (unpaired) electrons. The first-order chi connectivity index (χ1) is 9.47. The molecule has 0 bridgehead atoms. The molecule has 6 heteroatoms. The van der Waals surface area contributed by atoms with Gasteiger partial charge in [0.25, 0.3) is 0 Å². The fourth-order valence-electron chi connectivity index (χ4n) is 1.60. The first-order valence-corrected chi connectivity index (χ1v) is 6.23. The molecule has 0 aromatic heterocycles. The Morgan fingerprint density at radius 2 is 1.55 bits per heavy atom. The molecule has 0 saturated heterocycles. The number of hydrogen-bond acceptors (Lipinski definition) is 4. The lowest BCUT2D eigenvalue weighted by molar-refractivity contribution is -0.166. The van der Waals surface area contributed by atoms with E-state index in [1.54, 1.807) is 13.8 Å². The van der Waals surface area contributed by atoms with Gasteiger partial charge in [-0.05, 0) is 26.0 Å². The molecule has 4 nitrogen and oxygen atoms in total. The van der Waals surface area contributed by atoms with Crippen LogP contribution in [0.3, 0.4) is 0 Å². The van der Waals surface area contributed by atoms with Crippen molar-refractivity contribution < 1.29 is 27.8 Å². The summed E-state index contributed by atoms with van der Waals surface area (Å²) in [5, 5.41) is 0. The first-order valence-electron chi connectivity index (χ1n) is 6.23. The second kappa shape index (κ2) is 7.81. The molecule has 110 valence electrons. The van der Waals surface area contributed by atoms with E-state index >= 15 is 0 Å². The highest BCUT2D eigenvalue weighted by molar-refractivity contribution is 6.08. The minimum atomic E-state index is -1.13. The molecule has 20 heavy (non-hydrogen) atoms. The Kier molecular flexibility index (Phi) is 6.41. The zero-order valence-electron chi connectivity index (χ0n) is 11.3. The summed E-state index contributed by atoms with van der Waals surface area (Å²) in [6, 6.07) is 2.42. The summed E-state index contributed by atoms with van der Waals surface area (Å²) in [4.78, 5) is 23.6. The van der Waals surface area contributed by atoms with E-state index in [0.717, 1.165) is 12.1 Å². The van der Waals surface area contributed by atoms with Crippen LogP contribution in [0.1, 0.15) is 30.6 Å². The maximum absolute atomic E-state index is 13.0. The molecule has 0 fully saturated rings. The van der Waals surface area contributed by atoms with Gasteiger partial charge < -0.3 is 9.47 Å². The van der Waals surface area contributed by atoms with Crippen LogP contribution >= 0.6 is 0 Å². The van der Waals surface area contributed by atoms with Crippen molar-refractivity contribution in [3.63, 3.8) is 0 Å². The third-order valence-electron chi connectivity index (χ3n) is 2.42. The van der Waals surface area contributed by atoms with Gasteiger partial charge >= 0.3 is 0 Å². The van der Waals surface area contributed by atoms with E-state index in [4.69, 9.17) is 9.47 Å². The minimum Gasteiger partial charge on any atom is -0.346 e.